The Morgan fingerprint density at radius 3 is 1.28 bits per heavy atom. The molecule has 0 atom stereocenters. The van der Waals surface area contributed by atoms with Crippen LogP contribution in [-0.4, -0.2) is 6.36 Å². The van der Waals surface area contributed by atoms with Crippen molar-refractivity contribution in [1.82, 2.24) is 0 Å². The number of aryl methyl sites for hydroxylation is 1. The lowest BCUT2D eigenvalue weighted by Crippen LogP contribution is -2.30. The Morgan fingerprint density at radius 1 is 0.453 bits per heavy atom. The highest BCUT2D eigenvalue weighted by Crippen LogP contribution is 2.43. The second kappa shape index (κ2) is 14.0. The lowest BCUT2D eigenvalue weighted by atomic mass is 9.97. The highest BCUT2D eigenvalue weighted by atomic mass is 19.4. The van der Waals surface area contributed by atoms with Gasteiger partial charge in [0.05, 0.1) is 0 Å². The standard InChI is InChI=1S/C35H19F15O3/c1-2-3-16-4-5-18-9-19(7-6-17(18)8-16)20-10-23(36)29(24(37)11-20)32(42,43)51-21-12-25(38)30(26(39)13-21)33(44,45)52-22-14-27(40)31(28(41)15-22)34(46,47)53-35(48,49)50/h4-15H,2-3H2,1H3. The molecule has 5 aromatic carbocycles. The van der Waals surface area contributed by atoms with E-state index in [0.717, 1.165) is 23.8 Å². The number of hydrogen-bond acceptors (Lipinski definition) is 3. The van der Waals surface area contributed by atoms with E-state index in [1.807, 2.05) is 19.1 Å². The molecule has 282 valence electrons. The number of alkyl halides is 9. The van der Waals surface area contributed by atoms with Crippen molar-refractivity contribution in [2.45, 2.75) is 44.5 Å². The van der Waals surface area contributed by atoms with Crippen LogP contribution in [0.5, 0.6) is 11.5 Å². The number of rotatable bonds is 11. The minimum absolute atomic E-state index is 0.180. The molecule has 3 nitrogen and oxygen atoms in total. The Labute approximate surface area is 288 Å². The van der Waals surface area contributed by atoms with E-state index in [2.05, 4.69) is 14.2 Å². The van der Waals surface area contributed by atoms with Gasteiger partial charge >= 0.3 is 24.7 Å². The normalized spacial score (nSPS) is 12.8. The van der Waals surface area contributed by atoms with E-state index in [1.54, 1.807) is 18.2 Å². The first kappa shape index (κ1) is 39.1. The van der Waals surface area contributed by atoms with E-state index in [4.69, 9.17) is 0 Å². The molecule has 0 amide bonds. The van der Waals surface area contributed by atoms with Crippen LogP contribution in [0.3, 0.4) is 0 Å². The zero-order chi connectivity index (χ0) is 39.3. The molecular formula is C35H19F15O3. The van der Waals surface area contributed by atoms with Crippen LogP contribution >= 0.6 is 0 Å². The van der Waals surface area contributed by atoms with Gasteiger partial charge in [0.1, 0.15) is 63.1 Å². The minimum Gasteiger partial charge on any atom is -0.429 e. The minimum atomic E-state index is -6.12. The molecule has 0 aliphatic rings. The van der Waals surface area contributed by atoms with Gasteiger partial charge in [0.15, 0.2) is 0 Å². The number of hydrogen-bond donors (Lipinski definition) is 0. The third-order valence-electron chi connectivity index (χ3n) is 7.46. The van der Waals surface area contributed by atoms with Crippen LogP contribution in [0, 0.1) is 34.9 Å². The summed E-state index contributed by atoms with van der Waals surface area (Å²) in [4.78, 5) is 0. The highest BCUT2D eigenvalue weighted by Gasteiger charge is 2.50. The molecule has 53 heavy (non-hydrogen) atoms. The van der Waals surface area contributed by atoms with Crippen molar-refractivity contribution in [3.05, 3.63) is 130 Å². The molecule has 0 fully saturated rings. The maximum atomic E-state index is 15.1. The van der Waals surface area contributed by atoms with E-state index in [9.17, 15) is 48.3 Å². The summed E-state index contributed by atoms with van der Waals surface area (Å²) in [5.74, 6) is -17.2. The van der Waals surface area contributed by atoms with Crippen LogP contribution in [0.25, 0.3) is 21.9 Å². The first-order valence-corrected chi connectivity index (χ1v) is 14.8. The lowest BCUT2D eigenvalue weighted by molar-refractivity contribution is -0.432. The van der Waals surface area contributed by atoms with Crippen molar-refractivity contribution in [1.29, 1.82) is 0 Å². The summed E-state index contributed by atoms with van der Waals surface area (Å²) >= 11 is 0. The van der Waals surface area contributed by atoms with Gasteiger partial charge in [-0.1, -0.05) is 43.7 Å². The summed E-state index contributed by atoms with van der Waals surface area (Å²) in [6.07, 6.45) is -20.5. The van der Waals surface area contributed by atoms with Crippen LogP contribution in [-0.2, 0) is 29.5 Å². The van der Waals surface area contributed by atoms with Crippen molar-refractivity contribution < 1.29 is 80.1 Å². The first-order chi connectivity index (χ1) is 24.5. The van der Waals surface area contributed by atoms with Gasteiger partial charge in [-0.3, -0.25) is 0 Å². The molecular weight excluding hydrogens is 753 g/mol. The van der Waals surface area contributed by atoms with E-state index >= 15 is 17.6 Å². The summed E-state index contributed by atoms with van der Waals surface area (Å²) in [5.41, 5.74) is -6.05. The summed E-state index contributed by atoms with van der Waals surface area (Å²) in [5, 5.41) is 1.47. The number of ether oxygens (including phenoxy) is 3. The topological polar surface area (TPSA) is 27.7 Å². The van der Waals surface area contributed by atoms with Gasteiger partial charge < -0.3 is 9.47 Å². The number of fused-ring (bicyclic) bond motifs is 1. The Hall–Kier alpha value is -5.13. The van der Waals surface area contributed by atoms with Crippen LogP contribution in [0.1, 0.15) is 35.6 Å². The molecule has 5 aromatic rings. The van der Waals surface area contributed by atoms with E-state index in [0.29, 0.717) is 17.5 Å². The summed E-state index contributed by atoms with van der Waals surface area (Å²) in [7, 11) is 0. The molecule has 0 N–H and O–H groups in total. The molecule has 0 saturated carbocycles. The third kappa shape index (κ3) is 8.42. The van der Waals surface area contributed by atoms with Gasteiger partial charge in [0, 0.05) is 24.3 Å². The molecule has 0 radical (unpaired) electrons. The Kier molecular flexibility index (Phi) is 10.3. The quantitative estimate of drug-likeness (QED) is 0.125. The molecule has 0 aromatic heterocycles. The maximum absolute atomic E-state index is 15.1. The average molecular weight is 773 g/mol. The van der Waals surface area contributed by atoms with Crippen molar-refractivity contribution in [3.8, 4) is 22.6 Å². The number of halogens is 15. The van der Waals surface area contributed by atoms with E-state index < -0.39 is 99.9 Å². The fourth-order valence-corrected chi connectivity index (χ4v) is 5.30. The third-order valence-corrected chi connectivity index (χ3v) is 7.46. The van der Waals surface area contributed by atoms with Crippen LogP contribution in [0.15, 0.2) is 72.8 Å². The second-order valence-corrected chi connectivity index (χ2v) is 11.3. The van der Waals surface area contributed by atoms with Gasteiger partial charge in [-0.15, -0.1) is 13.2 Å². The molecule has 0 bridgehead atoms. The van der Waals surface area contributed by atoms with Crippen molar-refractivity contribution in [3.63, 3.8) is 0 Å². The summed E-state index contributed by atoms with van der Waals surface area (Å²) in [6.45, 7) is 1.99. The molecule has 18 heteroatoms. The highest BCUT2D eigenvalue weighted by molar-refractivity contribution is 5.88. The number of benzene rings is 5. The van der Waals surface area contributed by atoms with Gasteiger partial charge in [-0.25, -0.2) is 31.1 Å². The Balaban J connectivity index is 1.38. The smallest absolute Gasteiger partial charge is 0.429 e. The molecule has 0 unspecified atom stereocenters. The van der Waals surface area contributed by atoms with Crippen LogP contribution in [0.4, 0.5) is 65.9 Å². The molecule has 0 spiro atoms. The van der Waals surface area contributed by atoms with Crippen molar-refractivity contribution in [2.24, 2.45) is 0 Å². The summed E-state index contributed by atoms with van der Waals surface area (Å²) < 4.78 is 222. The van der Waals surface area contributed by atoms with E-state index in [1.165, 1.54) is 6.07 Å². The lowest BCUT2D eigenvalue weighted by Gasteiger charge is -2.23. The van der Waals surface area contributed by atoms with Gasteiger partial charge in [-0.2, -0.15) is 26.3 Å². The SMILES string of the molecule is CCCc1ccc2cc(-c3cc(F)c(C(F)(F)Oc4cc(F)c(C(F)(F)Oc5cc(F)c(C(F)(F)OC(F)(F)F)c(F)c5)c(F)c4)c(F)c3)ccc2c1. The van der Waals surface area contributed by atoms with Gasteiger partial charge in [-0.05, 0) is 52.1 Å². The molecule has 0 heterocycles. The van der Waals surface area contributed by atoms with Gasteiger partial charge in [0.2, 0.25) is 0 Å². The molecule has 0 saturated heterocycles. The Bertz CT molecular complexity index is 2110. The second-order valence-electron chi connectivity index (χ2n) is 11.3. The largest absolute Gasteiger partial charge is 0.527 e. The average Bonchev–Trinajstić information content (AvgIpc) is 2.97. The Morgan fingerprint density at radius 2 is 0.849 bits per heavy atom. The maximum Gasteiger partial charge on any atom is 0.527 e. The predicted octanol–water partition coefficient (Wildman–Crippen LogP) is 12.1. The summed E-state index contributed by atoms with van der Waals surface area (Å²) in [6, 6.07) is 9.70. The molecule has 5 rings (SSSR count). The molecule has 0 aliphatic carbocycles. The van der Waals surface area contributed by atoms with Gasteiger partial charge in [0.25, 0.3) is 0 Å². The fourth-order valence-electron chi connectivity index (χ4n) is 5.30. The van der Waals surface area contributed by atoms with Crippen molar-refractivity contribution >= 4 is 10.8 Å². The first-order valence-electron chi connectivity index (χ1n) is 14.8. The van der Waals surface area contributed by atoms with E-state index in [-0.39, 0.29) is 23.3 Å². The van der Waals surface area contributed by atoms with Crippen molar-refractivity contribution in [2.75, 3.05) is 0 Å². The monoisotopic (exact) mass is 772 g/mol. The molecule has 0 aliphatic heterocycles. The zero-order valence-corrected chi connectivity index (χ0v) is 26.2. The predicted molar refractivity (Wildman–Crippen MR) is 156 cm³/mol. The van der Waals surface area contributed by atoms with Crippen LogP contribution in [0.2, 0.25) is 0 Å². The van der Waals surface area contributed by atoms with Crippen LogP contribution < -0.4 is 9.47 Å². The zero-order valence-electron chi connectivity index (χ0n) is 26.2. The fraction of sp³-hybridized carbons (Fsp3) is 0.200.